The molecular formula is C22H24N4O2S2. The Morgan fingerprint density at radius 2 is 2.07 bits per heavy atom. The van der Waals surface area contributed by atoms with E-state index < -0.39 is 0 Å². The van der Waals surface area contributed by atoms with Crippen LogP contribution < -0.4 is 10.5 Å². The number of thiocarbonyl (C=S) groups is 1. The second kappa shape index (κ2) is 8.35. The number of hydrogen-bond acceptors (Lipinski definition) is 6. The van der Waals surface area contributed by atoms with Crippen LogP contribution in [0.25, 0.3) is 11.7 Å². The number of carbonyl (C=O) groups excluding carboxylic acids is 1. The predicted molar refractivity (Wildman–Crippen MR) is 127 cm³/mol. The molecule has 2 aromatic rings. The number of carbonyl (C=O) groups is 1. The molecule has 2 aromatic heterocycles. The summed E-state index contributed by atoms with van der Waals surface area (Å²) in [5.41, 5.74) is 1.84. The topological polar surface area (TPSA) is 57.9 Å². The molecule has 4 heterocycles. The van der Waals surface area contributed by atoms with Gasteiger partial charge in [0.05, 0.1) is 10.5 Å². The first kappa shape index (κ1) is 20.8. The molecule has 0 saturated carbocycles. The Kier molecular flexibility index (Phi) is 5.79. The molecule has 0 unspecified atom stereocenters. The van der Waals surface area contributed by atoms with Gasteiger partial charge in [-0.05, 0) is 43.4 Å². The molecule has 2 saturated heterocycles. The largest absolute Gasteiger partial charge is 0.356 e. The number of aryl methyl sites for hydroxylation is 1. The van der Waals surface area contributed by atoms with Crippen molar-refractivity contribution in [1.82, 2.24) is 14.3 Å². The standard InChI is InChI=1S/C22H24N4O2S2/c1-4-9-26-21(28)17(30-22(26)29)13-16-19(24-11-7-14(2)8-12-24)23-18-15(3)6-5-10-25(18)20(16)27/h4-6,10,13-14H,1,7-9,11-12H2,2-3H3. The molecule has 1 amide bonds. The lowest BCUT2D eigenvalue weighted by Crippen LogP contribution is -2.36. The number of thioether (sulfide) groups is 1. The lowest BCUT2D eigenvalue weighted by Gasteiger charge is -2.32. The zero-order chi connectivity index (χ0) is 21.4. The molecule has 2 aliphatic rings. The summed E-state index contributed by atoms with van der Waals surface area (Å²) in [4.78, 5) is 35.3. The van der Waals surface area contributed by atoms with Gasteiger partial charge in [-0.1, -0.05) is 43.0 Å². The Bertz CT molecular complexity index is 1130. The van der Waals surface area contributed by atoms with E-state index in [1.54, 1.807) is 22.7 Å². The zero-order valence-corrected chi connectivity index (χ0v) is 18.8. The van der Waals surface area contributed by atoms with E-state index in [-0.39, 0.29) is 11.5 Å². The third kappa shape index (κ3) is 3.70. The van der Waals surface area contributed by atoms with Crippen molar-refractivity contribution in [3.05, 3.63) is 57.4 Å². The molecule has 0 bridgehead atoms. The number of pyridine rings is 1. The second-order valence-corrected chi connectivity index (χ2v) is 9.47. The van der Waals surface area contributed by atoms with E-state index >= 15 is 0 Å². The molecule has 0 aliphatic carbocycles. The van der Waals surface area contributed by atoms with Crippen LogP contribution in [0.1, 0.15) is 30.9 Å². The van der Waals surface area contributed by atoms with Crippen LogP contribution in [-0.2, 0) is 4.79 Å². The van der Waals surface area contributed by atoms with Crippen molar-refractivity contribution < 1.29 is 4.79 Å². The maximum Gasteiger partial charge on any atom is 0.267 e. The van der Waals surface area contributed by atoms with Gasteiger partial charge in [-0.15, -0.1) is 6.58 Å². The maximum atomic E-state index is 13.5. The summed E-state index contributed by atoms with van der Waals surface area (Å²) in [6.45, 7) is 9.92. The summed E-state index contributed by atoms with van der Waals surface area (Å²) in [5, 5.41) is 0. The first-order chi connectivity index (χ1) is 14.4. The molecule has 0 aromatic carbocycles. The van der Waals surface area contributed by atoms with Gasteiger partial charge in [0.25, 0.3) is 11.5 Å². The Morgan fingerprint density at radius 1 is 1.33 bits per heavy atom. The van der Waals surface area contributed by atoms with Gasteiger partial charge in [-0.25, -0.2) is 4.98 Å². The van der Waals surface area contributed by atoms with Crippen LogP contribution >= 0.6 is 24.0 Å². The Morgan fingerprint density at radius 3 is 2.77 bits per heavy atom. The number of aromatic nitrogens is 2. The molecule has 0 radical (unpaired) electrons. The Labute approximate surface area is 185 Å². The quantitative estimate of drug-likeness (QED) is 0.411. The SMILES string of the molecule is C=CCN1C(=O)C(=Cc2c(N3CCC(C)CC3)nc3c(C)cccn3c2=O)SC1=S. The molecule has 2 aliphatic heterocycles. The highest BCUT2D eigenvalue weighted by Crippen LogP contribution is 2.34. The van der Waals surface area contributed by atoms with Crippen molar-refractivity contribution in [2.24, 2.45) is 5.92 Å². The lowest BCUT2D eigenvalue weighted by atomic mass is 9.99. The minimum absolute atomic E-state index is 0.175. The second-order valence-electron chi connectivity index (χ2n) is 7.79. The summed E-state index contributed by atoms with van der Waals surface area (Å²) < 4.78 is 2.03. The number of rotatable bonds is 4. The van der Waals surface area contributed by atoms with E-state index in [9.17, 15) is 9.59 Å². The Balaban J connectivity index is 1.88. The first-order valence-electron chi connectivity index (χ1n) is 10.0. The molecule has 8 heteroatoms. The van der Waals surface area contributed by atoms with E-state index in [0.29, 0.717) is 38.7 Å². The van der Waals surface area contributed by atoms with Gasteiger partial charge in [-0.3, -0.25) is 18.9 Å². The highest BCUT2D eigenvalue weighted by Gasteiger charge is 2.32. The number of hydrogen-bond donors (Lipinski definition) is 0. The monoisotopic (exact) mass is 440 g/mol. The van der Waals surface area contributed by atoms with Crippen molar-refractivity contribution >= 4 is 51.7 Å². The molecule has 0 atom stereocenters. The Hall–Kier alpha value is -2.45. The maximum absolute atomic E-state index is 13.5. The molecule has 4 rings (SSSR count). The average Bonchev–Trinajstić information content (AvgIpc) is 2.99. The summed E-state index contributed by atoms with van der Waals surface area (Å²) in [5.74, 6) is 1.11. The van der Waals surface area contributed by atoms with Crippen molar-refractivity contribution in [1.29, 1.82) is 0 Å². The van der Waals surface area contributed by atoms with E-state index in [1.807, 2.05) is 19.1 Å². The number of nitrogens with zero attached hydrogens (tertiary/aromatic N) is 4. The fraction of sp³-hybridized carbons (Fsp3) is 0.364. The normalized spacial score (nSPS) is 19.3. The van der Waals surface area contributed by atoms with Gasteiger partial charge >= 0.3 is 0 Å². The molecule has 2 fully saturated rings. The number of amides is 1. The predicted octanol–water partition coefficient (Wildman–Crippen LogP) is 3.63. The van der Waals surface area contributed by atoms with Crippen molar-refractivity contribution in [3.8, 4) is 0 Å². The summed E-state index contributed by atoms with van der Waals surface area (Å²) in [6, 6.07) is 3.78. The summed E-state index contributed by atoms with van der Waals surface area (Å²) >= 11 is 6.56. The van der Waals surface area contributed by atoms with Crippen molar-refractivity contribution in [2.45, 2.75) is 26.7 Å². The zero-order valence-electron chi connectivity index (χ0n) is 17.1. The molecule has 0 N–H and O–H groups in total. The van der Waals surface area contributed by atoms with Crippen LogP contribution in [0, 0.1) is 12.8 Å². The molecule has 6 nitrogen and oxygen atoms in total. The van der Waals surface area contributed by atoms with E-state index in [1.165, 1.54) is 16.7 Å². The van der Waals surface area contributed by atoms with Gasteiger partial charge in [0.2, 0.25) is 0 Å². The van der Waals surface area contributed by atoms with Crippen LogP contribution in [0.3, 0.4) is 0 Å². The fourth-order valence-corrected chi connectivity index (χ4v) is 5.06. The van der Waals surface area contributed by atoms with E-state index in [0.717, 1.165) is 31.5 Å². The van der Waals surface area contributed by atoms with Crippen LogP contribution in [0.2, 0.25) is 0 Å². The van der Waals surface area contributed by atoms with E-state index in [4.69, 9.17) is 17.2 Å². The summed E-state index contributed by atoms with van der Waals surface area (Å²) in [7, 11) is 0. The van der Waals surface area contributed by atoms with Crippen LogP contribution in [0.4, 0.5) is 5.82 Å². The van der Waals surface area contributed by atoms with Crippen LogP contribution in [0.5, 0.6) is 0 Å². The van der Waals surface area contributed by atoms with Gasteiger partial charge in [-0.2, -0.15) is 0 Å². The van der Waals surface area contributed by atoms with Gasteiger partial charge in [0.15, 0.2) is 0 Å². The van der Waals surface area contributed by atoms with Gasteiger partial charge in [0.1, 0.15) is 15.8 Å². The first-order valence-corrected chi connectivity index (χ1v) is 11.3. The highest BCUT2D eigenvalue weighted by molar-refractivity contribution is 8.26. The van der Waals surface area contributed by atoms with Crippen molar-refractivity contribution in [3.63, 3.8) is 0 Å². The molecule has 0 spiro atoms. The highest BCUT2D eigenvalue weighted by atomic mass is 32.2. The average molecular weight is 441 g/mol. The van der Waals surface area contributed by atoms with Crippen LogP contribution in [-0.4, -0.2) is 44.1 Å². The number of fused-ring (bicyclic) bond motifs is 1. The number of piperidine rings is 1. The number of anilines is 1. The minimum atomic E-state index is -0.197. The molecular weight excluding hydrogens is 416 g/mol. The fourth-order valence-electron chi connectivity index (χ4n) is 3.81. The summed E-state index contributed by atoms with van der Waals surface area (Å²) in [6.07, 6.45) is 7.13. The van der Waals surface area contributed by atoms with Gasteiger partial charge in [0, 0.05) is 25.8 Å². The minimum Gasteiger partial charge on any atom is -0.356 e. The van der Waals surface area contributed by atoms with Gasteiger partial charge < -0.3 is 4.90 Å². The lowest BCUT2D eigenvalue weighted by molar-refractivity contribution is -0.121. The molecule has 156 valence electrons. The smallest absolute Gasteiger partial charge is 0.267 e. The van der Waals surface area contributed by atoms with E-state index in [2.05, 4.69) is 18.4 Å². The third-order valence-electron chi connectivity index (χ3n) is 5.61. The van der Waals surface area contributed by atoms with Crippen molar-refractivity contribution in [2.75, 3.05) is 24.5 Å². The third-order valence-corrected chi connectivity index (χ3v) is 6.99. The molecule has 30 heavy (non-hydrogen) atoms. The van der Waals surface area contributed by atoms with Crippen LogP contribution in [0.15, 0.2) is 40.7 Å².